The summed E-state index contributed by atoms with van der Waals surface area (Å²) in [5.74, 6) is 0. The maximum absolute atomic E-state index is 5.32. The first-order valence-electron chi connectivity index (χ1n) is 1.82. The molecule has 1 rings (SSSR count). The molecular formula is C4H3ClN2. The first-order valence-corrected chi connectivity index (χ1v) is 2.20. The van der Waals surface area contributed by atoms with Crippen LogP contribution in [0.2, 0.25) is 5.28 Å². The van der Waals surface area contributed by atoms with E-state index in [0.29, 0.717) is 5.28 Å². The molecule has 1 heterocycles. The molecule has 0 atom stereocenters. The Labute approximate surface area is 46.2 Å². The SMILES string of the molecule is Clc1[15n]ccc[15n]1. The molecule has 2 nitrogen and oxygen atoms in total. The Morgan fingerprint density at radius 1 is 1.29 bits per heavy atom. The van der Waals surface area contributed by atoms with Crippen molar-refractivity contribution in [3.05, 3.63) is 23.7 Å². The Hall–Kier alpha value is -0.630. The second kappa shape index (κ2) is 1.89. The average molecular weight is 117 g/mol. The molecule has 0 N–H and O–H groups in total. The van der Waals surface area contributed by atoms with E-state index in [-0.39, 0.29) is 0 Å². The number of nitrogens with zero attached hydrogens (tertiary/aromatic N) is 2. The van der Waals surface area contributed by atoms with Crippen molar-refractivity contribution in [2.24, 2.45) is 0 Å². The monoisotopic (exact) mass is 116 g/mol. The van der Waals surface area contributed by atoms with E-state index < -0.39 is 0 Å². The molecule has 7 heavy (non-hydrogen) atoms. The predicted octanol–water partition coefficient (Wildman–Crippen LogP) is 1.13. The predicted molar refractivity (Wildman–Crippen MR) is 27.0 cm³/mol. The van der Waals surface area contributed by atoms with Gasteiger partial charge in [-0.2, -0.15) is 0 Å². The quantitative estimate of drug-likeness (QED) is 0.475. The third kappa shape index (κ3) is 1.12. The van der Waals surface area contributed by atoms with Crippen molar-refractivity contribution in [2.45, 2.75) is 0 Å². The molecule has 1 aromatic rings. The van der Waals surface area contributed by atoms with Gasteiger partial charge >= 0.3 is 0 Å². The van der Waals surface area contributed by atoms with Crippen molar-refractivity contribution in [1.29, 1.82) is 0 Å². The van der Waals surface area contributed by atoms with Crippen molar-refractivity contribution in [3.63, 3.8) is 0 Å². The topological polar surface area (TPSA) is 25.8 Å². The van der Waals surface area contributed by atoms with Gasteiger partial charge in [0.2, 0.25) is 5.28 Å². The van der Waals surface area contributed by atoms with Crippen molar-refractivity contribution in [1.82, 2.24) is 9.97 Å². The van der Waals surface area contributed by atoms with E-state index >= 15 is 0 Å². The fraction of sp³-hybridized carbons (Fsp3) is 0. The molecule has 0 bridgehead atoms. The first kappa shape index (κ1) is 4.53. The van der Waals surface area contributed by atoms with Gasteiger partial charge in [-0.25, -0.2) is 9.97 Å². The maximum Gasteiger partial charge on any atom is 0.222 e. The van der Waals surface area contributed by atoms with Crippen molar-refractivity contribution in [2.75, 3.05) is 0 Å². The van der Waals surface area contributed by atoms with Crippen LogP contribution >= 0.6 is 11.6 Å². The summed E-state index contributed by atoms with van der Waals surface area (Å²) in [6.07, 6.45) is 3.19. The molecule has 0 saturated carbocycles. The van der Waals surface area contributed by atoms with Gasteiger partial charge in [0.25, 0.3) is 0 Å². The maximum atomic E-state index is 5.32. The minimum atomic E-state index is 0.294. The standard InChI is InChI=1S/C4H3ClN2/c5-4-6-2-1-3-7-4/h1-3H/i6+1,7+1. The zero-order valence-electron chi connectivity index (χ0n) is 3.50. The van der Waals surface area contributed by atoms with E-state index in [1.165, 1.54) is 0 Å². The molecule has 0 saturated heterocycles. The highest BCUT2D eigenvalue weighted by Crippen LogP contribution is 1.92. The van der Waals surface area contributed by atoms with E-state index in [2.05, 4.69) is 9.97 Å². The Morgan fingerprint density at radius 2 is 1.86 bits per heavy atom. The zero-order chi connectivity index (χ0) is 5.11. The third-order valence-electron chi connectivity index (χ3n) is 0.534. The second-order valence-electron chi connectivity index (χ2n) is 1.02. The van der Waals surface area contributed by atoms with Gasteiger partial charge in [-0.1, -0.05) is 0 Å². The smallest absolute Gasteiger partial charge is 0.222 e. The van der Waals surface area contributed by atoms with Gasteiger partial charge in [0.1, 0.15) is 0 Å². The molecule has 0 aliphatic carbocycles. The molecule has 0 amide bonds. The molecule has 0 unspecified atom stereocenters. The average Bonchev–Trinajstić information content (AvgIpc) is 1.69. The van der Waals surface area contributed by atoms with Gasteiger partial charge in [0.05, 0.1) is 0 Å². The summed E-state index contributed by atoms with van der Waals surface area (Å²) in [7, 11) is 0. The van der Waals surface area contributed by atoms with Gasteiger partial charge in [0.15, 0.2) is 0 Å². The van der Waals surface area contributed by atoms with E-state index in [1.807, 2.05) is 0 Å². The summed E-state index contributed by atoms with van der Waals surface area (Å²) in [6.45, 7) is 0. The largest absolute Gasteiger partial charge is 0.227 e. The Balaban J connectivity index is 3.02. The fourth-order valence-corrected chi connectivity index (χ4v) is 0.394. The molecule has 0 aliphatic rings. The van der Waals surface area contributed by atoms with E-state index in [0.717, 1.165) is 0 Å². The van der Waals surface area contributed by atoms with Gasteiger partial charge in [-0.3, -0.25) is 0 Å². The lowest BCUT2D eigenvalue weighted by Gasteiger charge is -1.78. The molecule has 0 fully saturated rings. The van der Waals surface area contributed by atoms with Crippen LogP contribution in [-0.2, 0) is 0 Å². The van der Waals surface area contributed by atoms with Crippen molar-refractivity contribution >= 4 is 11.6 Å². The van der Waals surface area contributed by atoms with Gasteiger partial charge < -0.3 is 0 Å². The van der Waals surface area contributed by atoms with Crippen LogP contribution < -0.4 is 0 Å². The number of aromatic nitrogens is 2. The highest BCUT2D eigenvalue weighted by atomic mass is 35.5. The highest BCUT2D eigenvalue weighted by Gasteiger charge is 1.78. The molecule has 36 valence electrons. The summed E-state index contributed by atoms with van der Waals surface area (Å²) in [6, 6.07) is 1.71. The molecule has 0 radical (unpaired) electrons. The van der Waals surface area contributed by atoms with Crippen LogP contribution in [0.25, 0.3) is 0 Å². The van der Waals surface area contributed by atoms with Crippen molar-refractivity contribution < 1.29 is 0 Å². The van der Waals surface area contributed by atoms with Crippen LogP contribution in [0.3, 0.4) is 0 Å². The summed E-state index contributed by atoms with van der Waals surface area (Å²) in [4.78, 5) is 7.27. The number of hydrogen-bond donors (Lipinski definition) is 0. The number of rotatable bonds is 0. The lowest BCUT2D eigenvalue weighted by molar-refractivity contribution is 1.17. The summed E-state index contributed by atoms with van der Waals surface area (Å²) in [5, 5.41) is 0.294. The number of halogens is 1. The Morgan fingerprint density at radius 3 is 2.14 bits per heavy atom. The van der Waals surface area contributed by atoms with E-state index in [4.69, 9.17) is 11.6 Å². The second-order valence-corrected chi connectivity index (χ2v) is 1.36. The van der Waals surface area contributed by atoms with Crippen molar-refractivity contribution in [3.8, 4) is 0 Å². The first-order chi connectivity index (χ1) is 3.39. The van der Waals surface area contributed by atoms with Crippen LogP contribution in [0.4, 0.5) is 0 Å². The summed E-state index contributed by atoms with van der Waals surface area (Å²) < 4.78 is 0. The molecule has 0 aliphatic heterocycles. The number of hydrogen-bond acceptors (Lipinski definition) is 2. The van der Waals surface area contributed by atoms with Crippen LogP contribution in [0.1, 0.15) is 0 Å². The zero-order valence-corrected chi connectivity index (χ0v) is 4.26. The summed E-state index contributed by atoms with van der Waals surface area (Å²) in [5.41, 5.74) is 0. The Kier molecular flexibility index (Phi) is 1.22. The van der Waals surface area contributed by atoms with E-state index in [9.17, 15) is 0 Å². The molecular weight excluding hydrogens is 113 g/mol. The van der Waals surface area contributed by atoms with Crippen LogP contribution in [-0.4, -0.2) is 9.97 Å². The molecule has 1 aromatic heterocycles. The van der Waals surface area contributed by atoms with E-state index in [1.54, 1.807) is 18.5 Å². The normalized spacial score (nSPS) is 8.71. The lowest BCUT2D eigenvalue weighted by atomic mass is 10.7. The van der Waals surface area contributed by atoms with Gasteiger partial charge in [0, 0.05) is 12.4 Å². The van der Waals surface area contributed by atoms with Gasteiger partial charge in [-0.05, 0) is 17.7 Å². The molecule has 3 heteroatoms. The minimum Gasteiger partial charge on any atom is -0.227 e. The fourth-order valence-electron chi connectivity index (χ4n) is 0.281. The minimum absolute atomic E-state index is 0.294. The van der Waals surface area contributed by atoms with Crippen LogP contribution in [0.5, 0.6) is 0 Å². The van der Waals surface area contributed by atoms with Crippen LogP contribution in [0, 0.1) is 0 Å². The molecule has 0 spiro atoms. The molecule has 0 aromatic carbocycles. The lowest BCUT2D eigenvalue weighted by Crippen LogP contribution is -1.73. The Bertz CT molecular complexity index is 140. The van der Waals surface area contributed by atoms with Gasteiger partial charge in [-0.15, -0.1) is 0 Å². The third-order valence-corrected chi connectivity index (χ3v) is 0.729. The van der Waals surface area contributed by atoms with Crippen LogP contribution in [0.15, 0.2) is 18.5 Å². The summed E-state index contributed by atoms with van der Waals surface area (Å²) >= 11 is 5.32. The highest BCUT2D eigenvalue weighted by molar-refractivity contribution is 6.28.